The first-order valence-corrected chi connectivity index (χ1v) is 34.7. The average Bonchev–Trinajstić information content (AvgIpc) is 3.49. The quantitative estimate of drug-likeness (QED) is 0.0261. The van der Waals surface area contributed by atoms with Gasteiger partial charge in [0, 0.05) is 19.3 Å². The molecule has 0 aromatic heterocycles. The minimum Gasteiger partial charge on any atom is -0.462 e. The smallest absolute Gasteiger partial charge is 0.306 e. The molecule has 472 valence electrons. The molecule has 1 atom stereocenters. The molecular weight excluding hydrogens is 1020 g/mol. The van der Waals surface area contributed by atoms with Crippen molar-refractivity contribution in [2.75, 3.05) is 13.2 Å². The lowest BCUT2D eigenvalue weighted by molar-refractivity contribution is -0.167. The summed E-state index contributed by atoms with van der Waals surface area (Å²) in [4.78, 5) is 38.4. The standard InChI is InChI=1S/C77H128O6/c1-4-7-10-13-16-19-22-25-27-29-31-33-35-36-37-38-39-40-42-43-45-47-49-52-55-58-61-64-67-70-76(79)82-73-74(72-81-75(78)69-66-63-60-57-54-51-24-21-18-15-12-9-6-3)83-77(80)71-68-65-62-59-56-53-50-48-46-44-41-34-32-30-28-26-23-20-17-14-11-8-5-2/h7,9-10,12,16,18-19,21,25,27,31,33,36-37,39-40,43,45,49,51-52,54,74H,4-6,8,11,13-15,17,20,22-24,26,28-30,32,34-35,38,41-42,44,46-48,50,53,55-73H2,1-3H3/b10-7-,12-9-,19-16-,21-18-,27-25-,33-31-,37-36-,40-39-,45-43-,52-49-,54-51-. The van der Waals surface area contributed by atoms with Gasteiger partial charge in [-0.2, -0.15) is 0 Å². The molecule has 0 aliphatic heterocycles. The number of allylic oxidation sites excluding steroid dienone is 22. The van der Waals surface area contributed by atoms with Crippen molar-refractivity contribution < 1.29 is 28.6 Å². The fraction of sp³-hybridized carbons (Fsp3) is 0.675. The zero-order valence-corrected chi connectivity index (χ0v) is 54.2. The van der Waals surface area contributed by atoms with Crippen LogP contribution in [-0.4, -0.2) is 37.2 Å². The first kappa shape index (κ1) is 78.5. The Morgan fingerprint density at radius 3 is 0.747 bits per heavy atom. The predicted molar refractivity (Wildman–Crippen MR) is 362 cm³/mol. The molecule has 0 saturated heterocycles. The minimum absolute atomic E-state index is 0.102. The van der Waals surface area contributed by atoms with Crippen LogP contribution in [0, 0.1) is 0 Å². The third-order valence-electron chi connectivity index (χ3n) is 14.7. The van der Waals surface area contributed by atoms with Crippen LogP contribution in [0.15, 0.2) is 134 Å². The van der Waals surface area contributed by atoms with E-state index in [1.807, 2.05) is 0 Å². The lowest BCUT2D eigenvalue weighted by Crippen LogP contribution is -2.30. The van der Waals surface area contributed by atoms with E-state index >= 15 is 0 Å². The summed E-state index contributed by atoms with van der Waals surface area (Å²) in [6.45, 7) is 6.39. The van der Waals surface area contributed by atoms with Crippen LogP contribution < -0.4 is 0 Å². The summed E-state index contributed by atoms with van der Waals surface area (Å²) < 4.78 is 16.9. The Balaban J connectivity index is 4.37. The molecule has 6 nitrogen and oxygen atoms in total. The van der Waals surface area contributed by atoms with Crippen LogP contribution in [0.2, 0.25) is 0 Å². The van der Waals surface area contributed by atoms with Crippen LogP contribution in [0.5, 0.6) is 0 Å². The molecular formula is C77H128O6. The van der Waals surface area contributed by atoms with Gasteiger partial charge in [0.25, 0.3) is 0 Å². The van der Waals surface area contributed by atoms with Gasteiger partial charge in [0.15, 0.2) is 6.10 Å². The molecule has 0 N–H and O–H groups in total. The van der Waals surface area contributed by atoms with E-state index < -0.39 is 6.10 Å². The van der Waals surface area contributed by atoms with E-state index in [1.54, 1.807) is 0 Å². The predicted octanol–water partition coefficient (Wildman–Crippen LogP) is 24.1. The summed E-state index contributed by atoms with van der Waals surface area (Å²) in [6, 6.07) is 0. The summed E-state index contributed by atoms with van der Waals surface area (Å²) in [5.41, 5.74) is 0. The Hall–Kier alpha value is -4.45. The van der Waals surface area contributed by atoms with Crippen LogP contribution >= 0.6 is 0 Å². The Labute approximate surface area is 513 Å². The molecule has 1 unspecified atom stereocenters. The van der Waals surface area contributed by atoms with Gasteiger partial charge in [0.2, 0.25) is 0 Å². The average molecular weight is 1150 g/mol. The van der Waals surface area contributed by atoms with Crippen molar-refractivity contribution in [1.82, 2.24) is 0 Å². The van der Waals surface area contributed by atoms with Gasteiger partial charge >= 0.3 is 17.9 Å². The molecule has 0 aliphatic carbocycles. The summed E-state index contributed by atoms with van der Waals surface area (Å²) >= 11 is 0. The van der Waals surface area contributed by atoms with Gasteiger partial charge in [-0.3, -0.25) is 14.4 Å². The second kappa shape index (κ2) is 70.0. The zero-order chi connectivity index (χ0) is 59.9. The van der Waals surface area contributed by atoms with E-state index in [2.05, 4.69) is 154 Å². The van der Waals surface area contributed by atoms with Gasteiger partial charge in [-0.1, -0.05) is 315 Å². The van der Waals surface area contributed by atoms with E-state index in [9.17, 15) is 14.4 Å². The van der Waals surface area contributed by atoms with Gasteiger partial charge in [0.1, 0.15) is 13.2 Å². The number of carbonyl (C=O) groups excluding carboxylic acids is 3. The molecule has 0 rings (SSSR count). The first-order valence-electron chi connectivity index (χ1n) is 34.7. The van der Waals surface area contributed by atoms with Crippen molar-refractivity contribution >= 4 is 17.9 Å². The molecule has 0 aromatic carbocycles. The van der Waals surface area contributed by atoms with E-state index in [4.69, 9.17) is 14.2 Å². The molecule has 0 fully saturated rings. The summed E-state index contributed by atoms with van der Waals surface area (Å²) in [7, 11) is 0. The maximum atomic E-state index is 12.9. The summed E-state index contributed by atoms with van der Waals surface area (Å²) in [5.74, 6) is -0.946. The highest BCUT2D eigenvalue weighted by Gasteiger charge is 2.19. The molecule has 6 heteroatoms. The van der Waals surface area contributed by atoms with Crippen molar-refractivity contribution in [1.29, 1.82) is 0 Å². The molecule has 0 bridgehead atoms. The van der Waals surface area contributed by atoms with Crippen molar-refractivity contribution in [2.24, 2.45) is 0 Å². The molecule has 0 saturated carbocycles. The topological polar surface area (TPSA) is 78.9 Å². The number of hydrogen-bond donors (Lipinski definition) is 0. The molecule has 0 heterocycles. The lowest BCUT2D eigenvalue weighted by Gasteiger charge is -2.18. The van der Waals surface area contributed by atoms with Gasteiger partial charge in [-0.15, -0.1) is 0 Å². The van der Waals surface area contributed by atoms with E-state index in [-0.39, 0.29) is 31.1 Å². The van der Waals surface area contributed by atoms with Crippen LogP contribution in [0.3, 0.4) is 0 Å². The molecule has 0 amide bonds. The highest BCUT2D eigenvalue weighted by atomic mass is 16.6. The zero-order valence-electron chi connectivity index (χ0n) is 54.2. The van der Waals surface area contributed by atoms with Crippen LogP contribution in [-0.2, 0) is 28.6 Å². The fourth-order valence-electron chi connectivity index (χ4n) is 9.53. The maximum absolute atomic E-state index is 12.9. The normalized spacial score (nSPS) is 13.0. The van der Waals surface area contributed by atoms with Gasteiger partial charge in [-0.05, 0) is 116 Å². The highest BCUT2D eigenvalue weighted by Crippen LogP contribution is 2.17. The first-order chi connectivity index (χ1) is 41.0. The Bertz CT molecular complexity index is 1750. The molecule has 83 heavy (non-hydrogen) atoms. The number of unbranched alkanes of at least 4 members (excludes halogenated alkanes) is 29. The molecule has 0 radical (unpaired) electrons. The number of esters is 3. The van der Waals surface area contributed by atoms with Crippen LogP contribution in [0.4, 0.5) is 0 Å². The Kier molecular flexibility index (Phi) is 66.3. The summed E-state index contributed by atoms with van der Waals surface area (Å²) in [5, 5.41) is 0. The van der Waals surface area contributed by atoms with Crippen molar-refractivity contribution in [3.63, 3.8) is 0 Å². The van der Waals surface area contributed by atoms with Gasteiger partial charge < -0.3 is 14.2 Å². The van der Waals surface area contributed by atoms with Crippen LogP contribution in [0.1, 0.15) is 316 Å². The SMILES string of the molecule is CC/C=C\C/C=C\C/C=C\C/C=C\C/C=C\C/C=C\C/C=C\C/C=C\CCCCCCC(=O)OCC(COC(=O)CCCCC/C=C\C/C=C\C/C=C\CC)OC(=O)CCCCCCCCCCCCCCCCCCCCCCCCC. The molecule has 0 aromatic rings. The number of carbonyl (C=O) groups is 3. The Morgan fingerprint density at radius 1 is 0.253 bits per heavy atom. The third-order valence-corrected chi connectivity index (χ3v) is 14.7. The fourth-order valence-corrected chi connectivity index (χ4v) is 9.53. The van der Waals surface area contributed by atoms with Crippen molar-refractivity contribution in [2.45, 2.75) is 322 Å². The second-order valence-electron chi connectivity index (χ2n) is 22.7. The van der Waals surface area contributed by atoms with Gasteiger partial charge in [0.05, 0.1) is 0 Å². The molecule has 0 spiro atoms. The number of rotatable bonds is 62. The third kappa shape index (κ3) is 68.2. The molecule has 0 aliphatic rings. The second-order valence-corrected chi connectivity index (χ2v) is 22.7. The van der Waals surface area contributed by atoms with Crippen molar-refractivity contribution in [3.8, 4) is 0 Å². The Morgan fingerprint density at radius 2 is 0.470 bits per heavy atom. The van der Waals surface area contributed by atoms with Crippen molar-refractivity contribution in [3.05, 3.63) is 134 Å². The van der Waals surface area contributed by atoms with E-state index in [1.165, 1.54) is 128 Å². The van der Waals surface area contributed by atoms with E-state index in [0.29, 0.717) is 19.3 Å². The maximum Gasteiger partial charge on any atom is 0.306 e. The lowest BCUT2D eigenvalue weighted by atomic mass is 10.0. The minimum atomic E-state index is -0.805. The largest absolute Gasteiger partial charge is 0.462 e. The van der Waals surface area contributed by atoms with E-state index in [0.717, 1.165) is 148 Å². The van der Waals surface area contributed by atoms with Crippen LogP contribution in [0.25, 0.3) is 0 Å². The summed E-state index contributed by atoms with van der Waals surface area (Å²) in [6.07, 6.45) is 99.1. The number of ether oxygens (including phenoxy) is 3. The highest BCUT2D eigenvalue weighted by molar-refractivity contribution is 5.71. The van der Waals surface area contributed by atoms with Gasteiger partial charge in [-0.25, -0.2) is 0 Å². The number of hydrogen-bond acceptors (Lipinski definition) is 6. The monoisotopic (exact) mass is 1150 g/mol.